The van der Waals surface area contributed by atoms with Crippen LogP contribution in [0.4, 0.5) is 0 Å². The van der Waals surface area contributed by atoms with Crippen LogP contribution < -0.4 is 5.32 Å². The van der Waals surface area contributed by atoms with Gasteiger partial charge in [-0.2, -0.15) is 0 Å². The fraction of sp³-hybridized carbons (Fsp3) is 0.667. The van der Waals surface area contributed by atoms with Crippen LogP contribution in [0.15, 0.2) is 24.3 Å². The molecule has 118 valence electrons. The van der Waals surface area contributed by atoms with E-state index in [0.29, 0.717) is 13.2 Å². The highest BCUT2D eigenvalue weighted by molar-refractivity contribution is 5.21. The minimum atomic E-state index is -0.498. The molecule has 0 heterocycles. The number of aliphatic hydroxyl groups is 1. The third kappa shape index (κ3) is 5.10. The molecule has 3 heteroatoms. The highest BCUT2D eigenvalue weighted by Gasteiger charge is 2.31. The summed E-state index contributed by atoms with van der Waals surface area (Å²) in [4.78, 5) is 0. The van der Waals surface area contributed by atoms with Crippen LogP contribution in [-0.2, 0) is 17.9 Å². The topological polar surface area (TPSA) is 41.5 Å². The molecule has 3 nitrogen and oxygen atoms in total. The van der Waals surface area contributed by atoms with Gasteiger partial charge < -0.3 is 15.2 Å². The summed E-state index contributed by atoms with van der Waals surface area (Å²) in [5.41, 5.74) is 1.94. The third-order valence-corrected chi connectivity index (χ3v) is 4.73. The molecule has 21 heavy (non-hydrogen) atoms. The van der Waals surface area contributed by atoms with E-state index in [4.69, 9.17) is 4.74 Å². The van der Waals surface area contributed by atoms with Gasteiger partial charge in [0.25, 0.3) is 0 Å². The lowest BCUT2D eigenvalue weighted by molar-refractivity contribution is -0.00881. The molecule has 0 aliphatic heterocycles. The zero-order valence-corrected chi connectivity index (χ0v) is 13.4. The van der Waals surface area contributed by atoms with Crippen LogP contribution in [0.2, 0.25) is 0 Å². The van der Waals surface area contributed by atoms with E-state index in [2.05, 4.69) is 36.5 Å². The van der Waals surface area contributed by atoms with Gasteiger partial charge >= 0.3 is 0 Å². The summed E-state index contributed by atoms with van der Waals surface area (Å²) in [5, 5.41) is 14.0. The second-order valence-corrected chi connectivity index (χ2v) is 6.43. The van der Waals surface area contributed by atoms with Gasteiger partial charge in [-0.1, -0.05) is 37.6 Å². The van der Waals surface area contributed by atoms with Crippen LogP contribution in [0, 0.1) is 5.92 Å². The van der Waals surface area contributed by atoms with E-state index in [0.717, 1.165) is 25.3 Å². The molecule has 1 aliphatic carbocycles. The van der Waals surface area contributed by atoms with Gasteiger partial charge in [-0.3, -0.25) is 0 Å². The third-order valence-electron chi connectivity index (χ3n) is 4.73. The molecule has 1 aliphatic rings. The number of methoxy groups -OCH3 is 1. The van der Waals surface area contributed by atoms with Crippen molar-refractivity contribution in [2.24, 2.45) is 5.92 Å². The summed E-state index contributed by atoms with van der Waals surface area (Å²) >= 11 is 0. The summed E-state index contributed by atoms with van der Waals surface area (Å²) in [7, 11) is 1.71. The van der Waals surface area contributed by atoms with E-state index in [1.165, 1.54) is 30.4 Å². The van der Waals surface area contributed by atoms with Crippen LogP contribution in [-0.4, -0.2) is 24.4 Å². The minimum Gasteiger partial charge on any atom is -0.389 e. The number of rotatable bonds is 7. The van der Waals surface area contributed by atoms with E-state index >= 15 is 0 Å². The zero-order valence-electron chi connectivity index (χ0n) is 13.4. The van der Waals surface area contributed by atoms with Crippen LogP contribution in [0.25, 0.3) is 0 Å². The average molecular weight is 291 g/mol. The lowest BCUT2D eigenvalue weighted by Crippen LogP contribution is -2.43. The molecule has 1 aromatic rings. The lowest BCUT2D eigenvalue weighted by atomic mass is 9.78. The first-order valence-electron chi connectivity index (χ1n) is 8.15. The number of benzene rings is 1. The normalized spacial score (nSPS) is 26.0. The summed E-state index contributed by atoms with van der Waals surface area (Å²) < 4.78 is 5.11. The molecule has 0 atom stereocenters. The molecule has 1 saturated carbocycles. The number of nitrogens with one attached hydrogen (secondary N) is 1. The maximum absolute atomic E-state index is 10.6. The molecular formula is C18H29NO2. The van der Waals surface area contributed by atoms with Crippen molar-refractivity contribution in [2.75, 3.05) is 13.7 Å². The molecule has 0 bridgehead atoms. The molecule has 2 rings (SSSR count). The Hall–Kier alpha value is -0.900. The van der Waals surface area contributed by atoms with Gasteiger partial charge in [0.05, 0.1) is 12.2 Å². The van der Waals surface area contributed by atoms with Crippen molar-refractivity contribution >= 4 is 0 Å². The fourth-order valence-corrected chi connectivity index (χ4v) is 3.16. The first kappa shape index (κ1) is 16.5. The largest absolute Gasteiger partial charge is 0.389 e. The molecule has 1 fully saturated rings. The van der Waals surface area contributed by atoms with Crippen molar-refractivity contribution in [3.05, 3.63) is 35.4 Å². The van der Waals surface area contributed by atoms with Crippen LogP contribution in [0.5, 0.6) is 0 Å². The zero-order chi connectivity index (χ0) is 15.1. The number of ether oxygens (including phenoxy) is 1. The Morgan fingerprint density at radius 3 is 2.38 bits per heavy atom. The first-order valence-corrected chi connectivity index (χ1v) is 8.15. The number of hydrogen-bond acceptors (Lipinski definition) is 3. The number of hydrogen-bond donors (Lipinski definition) is 2. The molecule has 0 radical (unpaired) electrons. The highest BCUT2D eigenvalue weighted by atomic mass is 16.5. The van der Waals surface area contributed by atoms with E-state index in [9.17, 15) is 5.11 Å². The molecule has 0 aromatic heterocycles. The van der Waals surface area contributed by atoms with E-state index < -0.39 is 5.60 Å². The molecular weight excluding hydrogens is 262 g/mol. The van der Waals surface area contributed by atoms with Gasteiger partial charge in [0.15, 0.2) is 0 Å². The Balaban J connectivity index is 1.73. The Labute approximate surface area is 128 Å². The first-order chi connectivity index (χ1) is 10.1. The van der Waals surface area contributed by atoms with Crippen LogP contribution in [0.3, 0.4) is 0 Å². The molecule has 0 spiro atoms. The fourth-order valence-electron chi connectivity index (χ4n) is 3.16. The Morgan fingerprint density at radius 1 is 1.19 bits per heavy atom. The Bertz CT molecular complexity index is 408. The van der Waals surface area contributed by atoms with E-state index in [-0.39, 0.29) is 0 Å². The second kappa shape index (κ2) is 7.92. The summed E-state index contributed by atoms with van der Waals surface area (Å²) in [6.07, 6.45) is 5.45. The van der Waals surface area contributed by atoms with Crippen molar-refractivity contribution in [1.82, 2.24) is 5.32 Å². The smallest absolute Gasteiger partial charge is 0.0771 e. The highest BCUT2D eigenvalue weighted by Crippen LogP contribution is 2.33. The molecule has 0 amide bonds. The van der Waals surface area contributed by atoms with Gasteiger partial charge in [0.1, 0.15) is 0 Å². The molecule has 1 aromatic carbocycles. The van der Waals surface area contributed by atoms with Crippen molar-refractivity contribution in [3.63, 3.8) is 0 Å². The summed E-state index contributed by atoms with van der Waals surface area (Å²) in [6.45, 7) is 4.42. The monoisotopic (exact) mass is 291 g/mol. The maximum Gasteiger partial charge on any atom is 0.0771 e. The van der Waals surface area contributed by atoms with Gasteiger partial charge in [-0.25, -0.2) is 0 Å². The Morgan fingerprint density at radius 2 is 1.81 bits per heavy atom. The molecule has 0 unspecified atom stereocenters. The van der Waals surface area contributed by atoms with Crippen molar-refractivity contribution in [3.8, 4) is 0 Å². The van der Waals surface area contributed by atoms with Crippen molar-refractivity contribution in [2.45, 2.75) is 57.8 Å². The van der Waals surface area contributed by atoms with Gasteiger partial charge in [-0.05, 0) is 42.7 Å². The standard InChI is InChI=1S/C18H29NO2/c1-3-15-8-10-18(20,11-9-15)14-19-12-16-4-6-17(7-5-16)13-21-2/h4-7,15,19-20H,3,8-14H2,1-2H3. The second-order valence-electron chi connectivity index (χ2n) is 6.43. The minimum absolute atomic E-state index is 0.498. The maximum atomic E-state index is 10.6. The Kier molecular flexibility index (Phi) is 6.22. The molecule has 0 saturated heterocycles. The predicted octanol–water partition coefficient (Wildman–Crippen LogP) is 3.25. The van der Waals surface area contributed by atoms with Gasteiger partial charge in [-0.15, -0.1) is 0 Å². The summed E-state index contributed by atoms with van der Waals surface area (Å²) in [5.74, 6) is 0.818. The average Bonchev–Trinajstić information content (AvgIpc) is 2.50. The van der Waals surface area contributed by atoms with E-state index in [1.807, 2.05) is 0 Å². The van der Waals surface area contributed by atoms with Crippen molar-refractivity contribution < 1.29 is 9.84 Å². The summed E-state index contributed by atoms with van der Waals surface area (Å²) in [6, 6.07) is 8.45. The van der Waals surface area contributed by atoms with Gasteiger partial charge in [0.2, 0.25) is 0 Å². The van der Waals surface area contributed by atoms with E-state index in [1.54, 1.807) is 7.11 Å². The molecule has 2 N–H and O–H groups in total. The lowest BCUT2D eigenvalue weighted by Gasteiger charge is -2.36. The van der Waals surface area contributed by atoms with Crippen LogP contribution in [0.1, 0.15) is 50.2 Å². The van der Waals surface area contributed by atoms with Gasteiger partial charge in [0, 0.05) is 20.2 Å². The SMILES string of the molecule is CCC1CCC(O)(CNCc2ccc(COC)cc2)CC1. The quantitative estimate of drug-likeness (QED) is 0.810. The predicted molar refractivity (Wildman–Crippen MR) is 86.1 cm³/mol. The van der Waals surface area contributed by atoms with Crippen molar-refractivity contribution in [1.29, 1.82) is 0 Å². The van der Waals surface area contributed by atoms with Crippen LogP contribution >= 0.6 is 0 Å².